The molecule has 1 saturated heterocycles. The number of aromatic nitrogens is 1. The molecule has 0 amide bonds. The van der Waals surface area contributed by atoms with Crippen LogP contribution in [0.4, 0.5) is 0 Å². The van der Waals surface area contributed by atoms with Crippen LogP contribution >= 0.6 is 0 Å². The molecule has 0 spiro atoms. The average Bonchev–Trinajstić information content (AvgIpc) is 2.59. The smallest absolute Gasteiger partial charge is 0.0917 e. The van der Waals surface area contributed by atoms with Gasteiger partial charge in [0.05, 0.1) is 6.10 Å². The van der Waals surface area contributed by atoms with Gasteiger partial charge in [0, 0.05) is 51.2 Å². The molecule has 1 aliphatic heterocycles. The first-order valence-corrected chi connectivity index (χ1v) is 8.30. The number of aliphatic hydroxyl groups excluding tert-OH is 1. The highest BCUT2D eigenvalue weighted by molar-refractivity contribution is 5.17. The van der Waals surface area contributed by atoms with Crippen molar-refractivity contribution in [1.82, 2.24) is 14.8 Å². The Labute approximate surface area is 138 Å². The van der Waals surface area contributed by atoms with Crippen molar-refractivity contribution < 1.29 is 5.11 Å². The normalized spacial score (nSPS) is 21.2. The highest BCUT2D eigenvalue weighted by Gasteiger charge is 2.25. The molecule has 3 rings (SSSR count). The second-order valence-electron chi connectivity index (χ2n) is 6.37. The van der Waals surface area contributed by atoms with Gasteiger partial charge in [0.2, 0.25) is 0 Å². The Kier molecular flexibility index (Phi) is 5.39. The number of hydrogen-bond donors (Lipinski definition) is 1. The molecule has 1 aromatic carbocycles. The number of nitrogens with zero attached hydrogens (tertiary/aromatic N) is 3. The number of benzene rings is 1. The molecule has 1 fully saturated rings. The molecular weight excluding hydrogens is 286 g/mol. The van der Waals surface area contributed by atoms with Gasteiger partial charge in [-0.25, -0.2) is 0 Å². The summed E-state index contributed by atoms with van der Waals surface area (Å²) in [5.74, 6) is 0. The molecule has 4 nitrogen and oxygen atoms in total. The predicted molar refractivity (Wildman–Crippen MR) is 92.0 cm³/mol. The Morgan fingerprint density at radius 3 is 2.70 bits per heavy atom. The lowest BCUT2D eigenvalue weighted by Gasteiger charge is -2.40. The van der Waals surface area contributed by atoms with Gasteiger partial charge in [0.1, 0.15) is 0 Å². The van der Waals surface area contributed by atoms with Gasteiger partial charge in [0.25, 0.3) is 0 Å². The highest BCUT2D eigenvalue weighted by Crippen LogP contribution is 2.18. The third-order valence-corrected chi connectivity index (χ3v) is 4.57. The maximum Gasteiger partial charge on any atom is 0.0917 e. The van der Waals surface area contributed by atoms with Crippen molar-refractivity contribution in [3.05, 3.63) is 66.0 Å². The van der Waals surface area contributed by atoms with Crippen molar-refractivity contribution in [1.29, 1.82) is 0 Å². The molecule has 2 atom stereocenters. The van der Waals surface area contributed by atoms with Crippen LogP contribution in [0.25, 0.3) is 0 Å². The van der Waals surface area contributed by atoms with E-state index in [0.717, 1.165) is 31.7 Å². The fourth-order valence-electron chi connectivity index (χ4n) is 3.24. The molecule has 0 aliphatic carbocycles. The lowest BCUT2D eigenvalue weighted by atomic mass is 10.1. The number of hydrogen-bond acceptors (Lipinski definition) is 4. The van der Waals surface area contributed by atoms with Gasteiger partial charge in [-0.15, -0.1) is 0 Å². The van der Waals surface area contributed by atoms with Crippen molar-refractivity contribution >= 4 is 0 Å². The minimum Gasteiger partial charge on any atom is -0.387 e. The van der Waals surface area contributed by atoms with Crippen LogP contribution < -0.4 is 0 Å². The maximum absolute atomic E-state index is 10.4. The van der Waals surface area contributed by atoms with Gasteiger partial charge in [-0.3, -0.25) is 14.8 Å². The van der Waals surface area contributed by atoms with E-state index in [2.05, 4.69) is 27.8 Å². The highest BCUT2D eigenvalue weighted by atomic mass is 16.3. The van der Waals surface area contributed by atoms with Crippen LogP contribution in [-0.2, 0) is 6.54 Å². The minimum absolute atomic E-state index is 0.413. The number of piperazine rings is 1. The summed E-state index contributed by atoms with van der Waals surface area (Å²) in [7, 11) is 0. The Balaban J connectivity index is 1.52. The van der Waals surface area contributed by atoms with E-state index in [0.29, 0.717) is 12.6 Å². The maximum atomic E-state index is 10.4. The number of aliphatic hydroxyl groups is 1. The van der Waals surface area contributed by atoms with Crippen LogP contribution in [0.3, 0.4) is 0 Å². The first-order chi connectivity index (χ1) is 11.2. The molecule has 2 aromatic rings. The molecule has 0 bridgehead atoms. The summed E-state index contributed by atoms with van der Waals surface area (Å²) in [6.45, 7) is 6.94. The number of pyridine rings is 1. The molecule has 0 radical (unpaired) electrons. The van der Waals surface area contributed by atoms with Gasteiger partial charge < -0.3 is 5.11 Å². The van der Waals surface area contributed by atoms with E-state index in [1.165, 1.54) is 5.56 Å². The van der Waals surface area contributed by atoms with Gasteiger partial charge in [-0.1, -0.05) is 36.4 Å². The third-order valence-electron chi connectivity index (χ3n) is 4.57. The summed E-state index contributed by atoms with van der Waals surface area (Å²) in [5, 5.41) is 10.4. The second-order valence-corrected chi connectivity index (χ2v) is 6.37. The summed E-state index contributed by atoms with van der Waals surface area (Å²) >= 11 is 0. The summed E-state index contributed by atoms with van der Waals surface area (Å²) in [5.41, 5.74) is 2.26. The predicted octanol–water partition coefficient (Wildman–Crippen LogP) is 2.32. The molecule has 23 heavy (non-hydrogen) atoms. The quantitative estimate of drug-likeness (QED) is 0.920. The molecule has 122 valence electrons. The standard InChI is InChI=1S/C19H25N3O/c1-16-13-21(14-17-6-5-9-20-12-17)10-11-22(16)15-19(23)18-7-3-2-4-8-18/h2-9,12,16,19,23H,10-11,13-15H2,1H3/t16-,19+/m0/s1. The Hall–Kier alpha value is -1.75. The number of β-amino-alcohol motifs (C(OH)–C–C–N with tert-alkyl or cyclic N) is 1. The fraction of sp³-hybridized carbons (Fsp3) is 0.421. The van der Waals surface area contributed by atoms with E-state index in [9.17, 15) is 5.11 Å². The van der Waals surface area contributed by atoms with Gasteiger partial charge in [0.15, 0.2) is 0 Å². The summed E-state index contributed by atoms with van der Waals surface area (Å²) in [6.07, 6.45) is 3.34. The van der Waals surface area contributed by atoms with E-state index < -0.39 is 6.10 Å². The largest absolute Gasteiger partial charge is 0.387 e. The van der Waals surface area contributed by atoms with Crippen LogP contribution in [0, 0.1) is 0 Å². The van der Waals surface area contributed by atoms with E-state index >= 15 is 0 Å². The molecule has 4 heteroatoms. The number of rotatable bonds is 5. The van der Waals surface area contributed by atoms with Crippen molar-refractivity contribution in [3.8, 4) is 0 Å². The van der Waals surface area contributed by atoms with Crippen LogP contribution in [0.5, 0.6) is 0 Å². The van der Waals surface area contributed by atoms with Crippen LogP contribution in [-0.4, -0.2) is 52.1 Å². The first kappa shape index (κ1) is 16.1. The molecule has 0 unspecified atom stereocenters. The Morgan fingerprint density at radius 2 is 2.00 bits per heavy atom. The van der Waals surface area contributed by atoms with Crippen molar-refractivity contribution in [2.24, 2.45) is 0 Å². The topological polar surface area (TPSA) is 39.6 Å². The lowest BCUT2D eigenvalue weighted by Crippen LogP contribution is -2.52. The zero-order chi connectivity index (χ0) is 16.1. The molecule has 0 saturated carbocycles. The van der Waals surface area contributed by atoms with E-state index in [1.807, 2.05) is 48.8 Å². The second kappa shape index (κ2) is 7.68. The van der Waals surface area contributed by atoms with Crippen LogP contribution in [0.1, 0.15) is 24.2 Å². The average molecular weight is 311 g/mol. The summed E-state index contributed by atoms with van der Waals surface area (Å²) < 4.78 is 0. The molecule has 1 N–H and O–H groups in total. The van der Waals surface area contributed by atoms with Crippen LogP contribution in [0.15, 0.2) is 54.9 Å². The van der Waals surface area contributed by atoms with Gasteiger partial charge >= 0.3 is 0 Å². The SMILES string of the molecule is C[C@H]1CN(Cc2cccnc2)CCN1C[C@@H](O)c1ccccc1. The van der Waals surface area contributed by atoms with Crippen molar-refractivity contribution in [2.45, 2.75) is 25.6 Å². The zero-order valence-corrected chi connectivity index (χ0v) is 13.7. The minimum atomic E-state index is -0.413. The van der Waals surface area contributed by atoms with Gasteiger partial charge in [-0.05, 0) is 24.1 Å². The third kappa shape index (κ3) is 4.38. The molecular formula is C19H25N3O. The molecule has 1 aliphatic rings. The van der Waals surface area contributed by atoms with Crippen molar-refractivity contribution in [2.75, 3.05) is 26.2 Å². The summed E-state index contributed by atoms with van der Waals surface area (Å²) in [4.78, 5) is 9.04. The molecule has 2 heterocycles. The van der Waals surface area contributed by atoms with Crippen molar-refractivity contribution in [3.63, 3.8) is 0 Å². The first-order valence-electron chi connectivity index (χ1n) is 8.30. The molecule has 1 aromatic heterocycles. The fourth-order valence-corrected chi connectivity index (χ4v) is 3.24. The van der Waals surface area contributed by atoms with E-state index in [4.69, 9.17) is 0 Å². The lowest BCUT2D eigenvalue weighted by molar-refractivity contribution is 0.0362. The Bertz CT molecular complexity index is 590. The van der Waals surface area contributed by atoms with E-state index in [1.54, 1.807) is 0 Å². The van der Waals surface area contributed by atoms with Gasteiger partial charge in [-0.2, -0.15) is 0 Å². The summed E-state index contributed by atoms with van der Waals surface area (Å²) in [6, 6.07) is 14.5. The zero-order valence-electron chi connectivity index (χ0n) is 13.7. The van der Waals surface area contributed by atoms with Crippen LogP contribution in [0.2, 0.25) is 0 Å². The monoisotopic (exact) mass is 311 g/mol. The Morgan fingerprint density at radius 1 is 1.17 bits per heavy atom. The van der Waals surface area contributed by atoms with E-state index in [-0.39, 0.29) is 0 Å².